The number of carbonyl (C=O) groups is 1. The lowest BCUT2D eigenvalue weighted by Crippen LogP contribution is -2.30. The number of methoxy groups -OCH3 is 1. The van der Waals surface area contributed by atoms with Crippen molar-refractivity contribution >= 4 is 95.2 Å². The van der Waals surface area contributed by atoms with Crippen LogP contribution >= 0.6 is 0 Å². The van der Waals surface area contributed by atoms with Gasteiger partial charge in [-0.05, 0) is 105 Å². The van der Waals surface area contributed by atoms with Crippen LogP contribution in [0.4, 0.5) is 11.4 Å². The monoisotopic (exact) mass is 1030 g/mol. The number of aliphatic carboxylic acids is 1. The predicted molar refractivity (Wildman–Crippen MR) is 246 cm³/mol. The minimum absolute atomic E-state index is 0.0363. The average molecular weight is 1030 g/mol. The third-order valence-corrected chi connectivity index (χ3v) is 16.4. The van der Waals surface area contributed by atoms with Crippen LogP contribution < -0.4 is 4.90 Å². The zero-order chi connectivity index (χ0) is 49.9. The van der Waals surface area contributed by atoms with Crippen molar-refractivity contribution in [3.8, 4) is 0 Å². The number of hydrogen-bond acceptors (Lipinski definition) is 13. The molecular weight excluding hydrogens is 981 g/mol. The summed E-state index contributed by atoms with van der Waals surface area (Å²) in [5.41, 5.74) is 0.142. The minimum atomic E-state index is -5.14. The predicted octanol–water partition coefficient (Wildman–Crippen LogP) is 5.53. The molecule has 2 heterocycles. The molecule has 0 aliphatic carbocycles. The van der Waals surface area contributed by atoms with E-state index < -0.39 is 92.7 Å². The van der Waals surface area contributed by atoms with E-state index in [1.807, 2.05) is 9.48 Å². The Balaban J connectivity index is 1.62. The zero-order valence-electron chi connectivity index (χ0n) is 36.4. The van der Waals surface area contributed by atoms with Gasteiger partial charge in [-0.1, -0.05) is 18.6 Å². The number of benzene rings is 4. The number of hydrogen-bond donors (Lipinski definition) is 6. The van der Waals surface area contributed by atoms with Gasteiger partial charge in [0.15, 0.2) is 12.3 Å². The third-order valence-electron chi connectivity index (χ3n) is 12.2. The van der Waals surface area contributed by atoms with Gasteiger partial charge >= 0.3 is 5.97 Å². The first-order chi connectivity index (χ1) is 30.8. The molecule has 4 aromatic rings. The van der Waals surface area contributed by atoms with Gasteiger partial charge in [0.25, 0.3) is 50.6 Å². The summed E-state index contributed by atoms with van der Waals surface area (Å²) < 4.78 is 183. The summed E-state index contributed by atoms with van der Waals surface area (Å²) in [6.45, 7) is 5.80. The Bertz CT molecular complexity index is 3400. The van der Waals surface area contributed by atoms with Crippen molar-refractivity contribution in [2.75, 3.05) is 37.5 Å². The number of nitrogens with zero attached hydrogens (tertiary/aromatic N) is 2. The fraction of sp³-hybridized carbons (Fsp3) is 0.381. The first-order valence-electron chi connectivity index (χ1n) is 20.4. The SMILES string of the molecule is COCC[N+]1=C(C=CC=C2N(CCCCCC(=O)O)c3ccc4c(S(=O)(=O)O)cc(S(=O)(=O)O)cc4c3C2(C)CCCS(=O)(=O)O)C(C)(C)c2c1ccc1c(S(=O)(=O)O)cc(S(=O)(=O)O)cc21. The van der Waals surface area contributed by atoms with Crippen molar-refractivity contribution in [3.05, 3.63) is 83.6 Å². The largest absolute Gasteiger partial charge is 0.481 e. The Morgan fingerprint density at radius 3 is 1.76 bits per heavy atom. The van der Waals surface area contributed by atoms with Crippen molar-refractivity contribution in [3.63, 3.8) is 0 Å². The van der Waals surface area contributed by atoms with Gasteiger partial charge in [-0.15, -0.1) is 0 Å². The smallest absolute Gasteiger partial charge is 0.303 e. The molecule has 4 aromatic carbocycles. The van der Waals surface area contributed by atoms with Gasteiger partial charge < -0.3 is 14.7 Å². The number of carboxylic acid groups (broad SMARTS) is 1. The highest BCUT2D eigenvalue weighted by Gasteiger charge is 2.47. The fourth-order valence-corrected chi connectivity index (χ4v) is 12.5. The van der Waals surface area contributed by atoms with Crippen LogP contribution in [0.3, 0.4) is 0 Å². The van der Waals surface area contributed by atoms with Gasteiger partial charge in [0, 0.05) is 65.4 Å². The second kappa shape index (κ2) is 18.3. The highest BCUT2D eigenvalue weighted by atomic mass is 32.2. The molecule has 25 heteroatoms. The van der Waals surface area contributed by atoms with Gasteiger partial charge in [-0.3, -0.25) is 27.6 Å². The highest BCUT2D eigenvalue weighted by Crippen LogP contribution is 2.54. The number of ether oxygens (including phenoxy) is 1. The molecule has 364 valence electrons. The summed E-state index contributed by atoms with van der Waals surface area (Å²) in [7, 11) is -23.3. The van der Waals surface area contributed by atoms with Crippen molar-refractivity contribution in [2.24, 2.45) is 0 Å². The number of unbranched alkanes of at least 4 members (excludes halogenated alkanes) is 2. The van der Waals surface area contributed by atoms with Gasteiger partial charge in [-0.2, -0.15) is 46.7 Å². The molecule has 67 heavy (non-hydrogen) atoms. The van der Waals surface area contributed by atoms with Crippen LogP contribution in [0, 0.1) is 0 Å². The topological polar surface area (TPSA) is 325 Å². The van der Waals surface area contributed by atoms with E-state index in [2.05, 4.69) is 0 Å². The molecule has 1 unspecified atom stereocenters. The maximum absolute atomic E-state index is 12.8. The van der Waals surface area contributed by atoms with Gasteiger partial charge in [0.2, 0.25) is 5.69 Å². The first kappa shape index (κ1) is 51.7. The number of carboxylic acids is 1. The second-order valence-corrected chi connectivity index (χ2v) is 24.2. The number of anilines is 1. The zero-order valence-corrected chi connectivity index (χ0v) is 40.5. The summed E-state index contributed by atoms with van der Waals surface area (Å²) >= 11 is 0. The molecule has 6 rings (SSSR count). The Labute approximate surface area is 388 Å². The number of rotatable bonds is 19. The first-order valence-corrected chi connectivity index (χ1v) is 27.8. The van der Waals surface area contributed by atoms with Crippen LogP contribution in [0.25, 0.3) is 21.5 Å². The van der Waals surface area contributed by atoms with Gasteiger partial charge in [0.05, 0.1) is 21.0 Å². The molecule has 6 N–H and O–H groups in total. The van der Waals surface area contributed by atoms with E-state index in [1.54, 1.807) is 45.1 Å². The molecule has 2 aliphatic heterocycles. The van der Waals surface area contributed by atoms with E-state index in [1.165, 1.54) is 25.3 Å². The van der Waals surface area contributed by atoms with E-state index in [4.69, 9.17) is 4.74 Å². The summed E-state index contributed by atoms with van der Waals surface area (Å²) in [5.74, 6) is -1.71. The maximum atomic E-state index is 12.8. The summed E-state index contributed by atoms with van der Waals surface area (Å²) in [5, 5.41) is 9.14. The Morgan fingerprint density at radius 1 is 0.701 bits per heavy atom. The van der Waals surface area contributed by atoms with E-state index >= 15 is 0 Å². The Morgan fingerprint density at radius 2 is 1.25 bits per heavy atom. The Kier molecular flexibility index (Phi) is 14.2. The summed E-state index contributed by atoms with van der Waals surface area (Å²) in [6, 6.07) is 9.26. The molecule has 0 bridgehead atoms. The van der Waals surface area contributed by atoms with E-state index in [0.717, 1.165) is 12.1 Å². The van der Waals surface area contributed by atoms with E-state index in [9.17, 15) is 74.8 Å². The quantitative estimate of drug-likeness (QED) is 0.0382. The van der Waals surface area contributed by atoms with Crippen LogP contribution in [-0.4, -0.2) is 119 Å². The van der Waals surface area contributed by atoms with Gasteiger partial charge in [-0.25, -0.2) is 0 Å². The molecule has 0 saturated heterocycles. The van der Waals surface area contributed by atoms with Crippen LogP contribution in [0.2, 0.25) is 0 Å². The molecular formula is C42H49N2O18S5+. The van der Waals surface area contributed by atoms with Gasteiger partial charge in [0.1, 0.15) is 16.4 Å². The standard InChI is InChI=1S/C42H48N2O18S5/c1-41(2)36(44(19-20-62-4)32-15-13-28-30(39(32)41)22-26(64(50,51)52)24-34(28)66(56,57)58)10-8-11-37-42(3,17-9-21-63(47,48)49)40-31-23-27(65(53,54)55)25-35(67(59,60)61)29(31)14-16-33(40)43(37)18-7-5-6-12-38(45)46/h8,10-11,13-16,22-25H,5-7,9,12,17-21H2,1-4H3,(H5-,45,46,47,48,49,50,51,52,53,54,55,56,57,58,59,60,61)/p+1. The normalized spacial score (nSPS) is 18.5. The second-order valence-electron chi connectivity index (χ2n) is 17.0. The lowest BCUT2D eigenvalue weighted by molar-refractivity contribution is -0.441. The van der Waals surface area contributed by atoms with Crippen molar-refractivity contribution in [1.82, 2.24) is 0 Å². The van der Waals surface area contributed by atoms with E-state index in [0.29, 0.717) is 59.7 Å². The third kappa shape index (κ3) is 10.5. The molecule has 0 saturated carbocycles. The summed E-state index contributed by atoms with van der Waals surface area (Å²) in [4.78, 5) is 9.89. The molecule has 0 radical (unpaired) electrons. The van der Waals surface area contributed by atoms with Crippen molar-refractivity contribution in [1.29, 1.82) is 0 Å². The van der Waals surface area contributed by atoms with Crippen LogP contribution in [0.15, 0.2) is 92.0 Å². The van der Waals surface area contributed by atoms with Crippen LogP contribution in [-0.2, 0) is 71.0 Å². The number of fused-ring (bicyclic) bond motifs is 6. The van der Waals surface area contributed by atoms with Crippen LogP contribution in [0.1, 0.15) is 70.4 Å². The molecule has 0 fully saturated rings. The summed E-state index contributed by atoms with van der Waals surface area (Å²) in [6.07, 6.45) is 5.80. The molecule has 0 spiro atoms. The maximum Gasteiger partial charge on any atom is 0.303 e. The lowest BCUT2D eigenvalue weighted by Gasteiger charge is -2.31. The molecule has 0 amide bonds. The minimum Gasteiger partial charge on any atom is -0.481 e. The molecule has 2 aliphatic rings. The molecule has 1 atom stereocenters. The number of allylic oxidation sites excluding steroid dienone is 4. The Hall–Kier alpha value is -4.67. The molecule has 0 aromatic heterocycles. The van der Waals surface area contributed by atoms with Crippen LogP contribution in [0.5, 0.6) is 0 Å². The fourth-order valence-electron chi connectivity index (χ4n) is 9.34. The molecule has 20 nitrogen and oxygen atoms in total. The van der Waals surface area contributed by atoms with Crippen molar-refractivity contribution < 1.29 is 84.1 Å². The lowest BCUT2D eigenvalue weighted by atomic mass is 9.75. The average Bonchev–Trinajstić information content (AvgIpc) is 3.56. The van der Waals surface area contributed by atoms with Crippen molar-refractivity contribution in [2.45, 2.75) is 89.7 Å². The highest BCUT2D eigenvalue weighted by molar-refractivity contribution is 7.87. The van der Waals surface area contributed by atoms with E-state index in [-0.39, 0.29) is 66.1 Å².